The Hall–Kier alpha value is -0.900. The Kier molecular flexibility index (Phi) is 1.62. The van der Waals surface area contributed by atoms with Crippen molar-refractivity contribution in [2.75, 3.05) is 0 Å². The van der Waals surface area contributed by atoms with E-state index in [4.69, 9.17) is 0 Å². The van der Waals surface area contributed by atoms with E-state index in [9.17, 15) is 0 Å². The van der Waals surface area contributed by atoms with Gasteiger partial charge in [-0.15, -0.1) is 0 Å². The van der Waals surface area contributed by atoms with Gasteiger partial charge >= 0.3 is 0 Å². The van der Waals surface area contributed by atoms with Gasteiger partial charge < -0.3 is 0 Å². The van der Waals surface area contributed by atoms with Crippen LogP contribution in [0.4, 0.5) is 0 Å². The summed E-state index contributed by atoms with van der Waals surface area (Å²) in [5, 5.41) is 5.01. The van der Waals surface area contributed by atoms with Crippen molar-refractivity contribution in [3.63, 3.8) is 0 Å². The fourth-order valence-electron chi connectivity index (χ4n) is 0.944. The molecule has 2 aromatic rings. The lowest BCUT2D eigenvalue weighted by atomic mass is 10.5. The van der Waals surface area contributed by atoms with Crippen LogP contribution in [0.3, 0.4) is 0 Å². The van der Waals surface area contributed by atoms with Crippen LogP contribution in [-0.2, 0) is 5.33 Å². The Bertz CT molecular complexity index is 335. The first-order valence-electron chi connectivity index (χ1n) is 3.25. The van der Waals surface area contributed by atoms with Gasteiger partial charge in [-0.1, -0.05) is 15.9 Å². The Morgan fingerprint density at radius 2 is 2.45 bits per heavy atom. The van der Waals surface area contributed by atoms with E-state index >= 15 is 0 Å². The molecule has 0 unspecified atom stereocenters. The molecule has 0 N–H and O–H groups in total. The number of aromatic nitrogens is 3. The maximum Gasteiger partial charge on any atom is 0.155 e. The van der Waals surface area contributed by atoms with Crippen molar-refractivity contribution in [1.29, 1.82) is 0 Å². The molecule has 3 nitrogen and oxygen atoms in total. The summed E-state index contributed by atoms with van der Waals surface area (Å²) in [5.41, 5.74) is 1.89. The summed E-state index contributed by atoms with van der Waals surface area (Å²) in [5.74, 6) is 0. The second-order valence-corrected chi connectivity index (χ2v) is 2.75. The zero-order valence-electron chi connectivity index (χ0n) is 5.74. The second-order valence-electron chi connectivity index (χ2n) is 2.19. The maximum absolute atomic E-state index is 4.24. The van der Waals surface area contributed by atoms with E-state index in [2.05, 4.69) is 26.0 Å². The predicted molar refractivity (Wildman–Crippen MR) is 45.6 cm³/mol. The van der Waals surface area contributed by atoms with E-state index in [0.717, 1.165) is 16.7 Å². The summed E-state index contributed by atoms with van der Waals surface area (Å²) < 4.78 is 1.76. The Labute approximate surface area is 72.2 Å². The number of rotatable bonds is 1. The van der Waals surface area contributed by atoms with Gasteiger partial charge in [-0.05, 0) is 6.07 Å². The molecule has 0 amide bonds. The summed E-state index contributed by atoms with van der Waals surface area (Å²) in [6, 6.07) is 3.81. The average molecular weight is 212 g/mol. The Morgan fingerprint density at radius 3 is 3.18 bits per heavy atom. The molecule has 0 bridgehead atoms. The van der Waals surface area contributed by atoms with Crippen LogP contribution in [0.25, 0.3) is 5.65 Å². The standard InChI is InChI=1S/C7H6BrN3/c8-5-6-4-7-9-2-1-3-11(7)10-6/h1-4H,5H2. The quantitative estimate of drug-likeness (QED) is 0.672. The van der Waals surface area contributed by atoms with E-state index < -0.39 is 0 Å². The second kappa shape index (κ2) is 2.62. The van der Waals surface area contributed by atoms with E-state index in [0.29, 0.717) is 0 Å². The highest BCUT2D eigenvalue weighted by Gasteiger charge is 1.97. The largest absolute Gasteiger partial charge is 0.237 e. The molecule has 0 saturated heterocycles. The first-order chi connectivity index (χ1) is 5.40. The minimum atomic E-state index is 0.774. The lowest BCUT2D eigenvalue weighted by Gasteiger charge is -1.86. The minimum Gasteiger partial charge on any atom is -0.237 e. The summed E-state index contributed by atoms with van der Waals surface area (Å²) in [7, 11) is 0. The van der Waals surface area contributed by atoms with Crippen LogP contribution >= 0.6 is 15.9 Å². The molecule has 0 aliphatic rings. The van der Waals surface area contributed by atoms with Crippen molar-refractivity contribution in [2.24, 2.45) is 0 Å². The molecule has 0 spiro atoms. The first-order valence-corrected chi connectivity index (χ1v) is 4.37. The van der Waals surface area contributed by atoms with Crippen LogP contribution in [0.15, 0.2) is 24.5 Å². The molecular formula is C7H6BrN3. The van der Waals surface area contributed by atoms with Gasteiger partial charge in [0.2, 0.25) is 0 Å². The highest BCUT2D eigenvalue weighted by Crippen LogP contribution is 2.05. The highest BCUT2D eigenvalue weighted by molar-refractivity contribution is 9.08. The minimum absolute atomic E-state index is 0.774. The molecule has 56 valence electrons. The molecule has 0 radical (unpaired) electrons. The third-order valence-corrected chi connectivity index (χ3v) is 2.00. The normalized spacial score (nSPS) is 10.6. The van der Waals surface area contributed by atoms with Gasteiger partial charge in [0.15, 0.2) is 5.65 Å². The zero-order valence-corrected chi connectivity index (χ0v) is 7.32. The summed E-state index contributed by atoms with van der Waals surface area (Å²) >= 11 is 3.33. The van der Waals surface area contributed by atoms with Crippen LogP contribution in [-0.4, -0.2) is 14.6 Å². The van der Waals surface area contributed by atoms with Gasteiger partial charge in [-0.2, -0.15) is 5.10 Å². The Morgan fingerprint density at radius 1 is 1.55 bits per heavy atom. The van der Waals surface area contributed by atoms with Gasteiger partial charge in [0.25, 0.3) is 0 Å². The van der Waals surface area contributed by atoms with Gasteiger partial charge in [-0.25, -0.2) is 9.50 Å². The molecule has 11 heavy (non-hydrogen) atoms. The van der Waals surface area contributed by atoms with E-state index in [1.54, 1.807) is 10.7 Å². The van der Waals surface area contributed by atoms with Crippen LogP contribution in [0.2, 0.25) is 0 Å². The number of halogens is 1. The predicted octanol–water partition coefficient (Wildman–Crippen LogP) is 1.62. The fourth-order valence-corrected chi connectivity index (χ4v) is 1.22. The SMILES string of the molecule is BrCc1cc2ncccn2n1. The monoisotopic (exact) mass is 211 g/mol. The van der Waals surface area contributed by atoms with Crippen LogP contribution < -0.4 is 0 Å². The van der Waals surface area contributed by atoms with Crippen molar-refractivity contribution >= 4 is 21.6 Å². The maximum atomic E-state index is 4.24. The fraction of sp³-hybridized carbons (Fsp3) is 0.143. The number of nitrogens with zero attached hydrogens (tertiary/aromatic N) is 3. The van der Waals surface area contributed by atoms with Gasteiger partial charge in [0.05, 0.1) is 5.69 Å². The molecule has 0 fully saturated rings. The first kappa shape index (κ1) is 6.79. The molecule has 0 aliphatic heterocycles. The van der Waals surface area contributed by atoms with Crippen molar-refractivity contribution in [1.82, 2.24) is 14.6 Å². The molecule has 0 atom stereocenters. The van der Waals surface area contributed by atoms with Crippen LogP contribution in [0.5, 0.6) is 0 Å². The number of hydrogen-bond acceptors (Lipinski definition) is 2. The van der Waals surface area contributed by atoms with E-state index in [-0.39, 0.29) is 0 Å². The van der Waals surface area contributed by atoms with Crippen molar-refractivity contribution < 1.29 is 0 Å². The van der Waals surface area contributed by atoms with Gasteiger partial charge in [0, 0.05) is 23.8 Å². The van der Waals surface area contributed by atoms with Gasteiger partial charge in [-0.3, -0.25) is 0 Å². The van der Waals surface area contributed by atoms with Crippen LogP contribution in [0.1, 0.15) is 5.69 Å². The molecule has 0 saturated carbocycles. The summed E-state index contributed by atoms with van der Waals surface area (Å²) in [6.07, 6.45) is 3.64. The molecule has 4 heteroatoms. The van der Waals surface area contributed by atoms with Crippen LogP contribution in [0, 0.1) is 0 Å². The number of hydrogen-bond donors (Lipinski definition) is 0. The third kappa shape index (κ3) is 1.14. The Balaban J connectivity index is 2.69. The number of alkyl halides is 1. The van der Waals surface area contributed by atoms with E-state index in [1.165, 1.54) is 0 Å². The lowest BCUT2D eigenvalue weighted by molar-refractivity contribution is 0.914. The molecule has 0 aliphatic carbocycles. The topological polar surface area (TPSA) is 30.2 Å². The molecule has 2 heterocycles. The highest BCUT2D eigenvalue weighted by atomic mass is 79.9. The third-order valence-electron chi connectivity index (χ3n) is 1.42. The van der Waals surface area contributed by atoms with Crippen molar-refractivity contribution in [3.05, 3.63) is 30.2 Å². The number of fused-ring (bicyclic) bond motifs is 1. The lowest BCUT2D eigenvalue weighted by Crippen LogP contribution is -1.87. The zero-order chi connectivity index (χ0) is 7.68. The summed E-state index contributed by atoms with van der Waals surface area (Å²) in [4.78, 5) is 4.13. The molecular weight excluding hydrogens is 206 g/mol. The molecule has 2 rings (SSSR count). The average Bonchev–Trinajstić information content (AvgIpc) is 2.46. The van der Waals surface area contributed by atoms with Crippen molar-refractivity contribution in [3.8, 4) is 0 Å². The van der Waals surface area contributed by atoms with Gasteiger partial charge in [0.1, 0.15) is 0 Å². The smallest absolute Gasteiger partial charge is 0.155 e. The van der Waals surface area contributed by atoms with E-state index in [1.807, 2.05) is 18.3 Å². The van der Waals surface area contributed by atoms with Crippen molar-refractivity contribution in [2.45, 2.75) is 5.33 Å². The molecule has 2 aromatic heterocycles. The summed E-state index contributed by atoms with van der Waals surface area (Å²) in [6.45, 7) is 0. The molecule has 0 aromatic carbocycles.